The number of hydroxylamine groups is 1. The summed E-state index contributed by atoms with van der Waals surface area (Å²) in [6.45, 7) is 3.80. The molecule has 0 saturated heterocycles. The fourth-order valence-corrected chi connectivity index (χ4v) is 6.81. The number of nitrogens with zero attached hydrogens (tertiary/aromatic N) is 1. The Labute approximate surface area is 204 Å². The average Bonchev–Trinajstić information content (AvgIpc) is 2.79. The molecule has 190 valence electrons. The highest BCUT2D eigenvalue weighted by atomic mass is 32.2. The van der Waals surface area contributed by atoms with Gasteiger partial charge in [0.15, 0.2) is 9.84 Å². The van der Waals surface area contributed by atoms with Gasteiger partial charge < -0.3 is 15.6 Å². The molecule has 0 spiro atoms. The molecule has 0 fully saturated rings. The third-order valence-electron chi connectivity index (χ3n) is 5.25. The van der Waals surface area contributed by atoms with E-state index < -0.39 is 36.8 Å². The first-order chi connectivity index (χ1) is 16.4. The van der Waals surface area contributed by atoms with Crippen molar-refractivity contribution in [3.05, 3.63) is 66.0 Å². The van der Waals surface area contributed by atoms with E-state index in [2.05, 4.69) is 12.1 Å². The van der Waals surface area contributed by atoms with Crippen LogP contribution in [-0.4, -0.2) is 57.7 Å². The highest BCUT2D eigenvalue weighted by Crippen LogP contribution is 2.33. The number of carbonyl (C=O) groups is 1. The number of aliphatic carboxylic acids is 1. The lowest BCUT2D eigenvalue weighted by atomic mass is 9.95. The molecule has 1 aliphatic rings. The molecule has 35 heavy (non-hydrogen) atoms. The highest BCUT2D eigenvalue weighted by Gasteiger charge is 2.41. The molecule has 1 atom stereocenters. The summed E-state index contributed by atoms with van der Waals surface area (Å²) >= 11 is 0. The SMILES string of the molecule is C=C(N)NOCCCOc1ccc2c(c1)CN(S(=O)(=O)c1ccccc1S(C)(=O)=O)[C@H](C(=O)O)C2. The molecule has 0 bridgehead atoms. The van der Waals surface area contributed by atoms with Crippen LogP contribution in [0, 0.1) is 0 Å². The Bertz CT molecular complexity index is 1330. The maximum Gasteiger partial charge on any atom is 0.322 e. The van der Waals surface area contributed by atoms with Crippen LogP contribution in [0.1, 0.15) is 17.5 Å². The van der Waals surface area contributed by atoms with Gasteiger partial charge in [0.25, 0.3) is 0 Å². The molecule has 1 heterocycles. The van der Waals surface area contributed by atoms with Gasteiger partial charge in [0.1, 0.15) is 22.5 Å². The molecule has 0 amide bonds. The number of ether oxygens (including phenoxy) is 1. The monoisotopic (exact) mass is 525 g/mol. The van der Waals surface area contributed by atoms with E-state index in [1.54, 1.807) is 18.2 Å². The van der Waals surface area contributed by atoms with Gasteiger partial charge in [-0.3, -0.25) is 15.1 Å². The van der Waals surface area contributed by atoms with Crippen molar-refractivity contribution in [3.63, 3.8) is 0 Å². The molecule has 3 rings (SSSR count). The van der Waals surface area contributed by atoms with Crippen LogP contribution in [0.25, 0.3) is 0 Å². The summed E-state index contributed by atoms with van der Waals surface area (Å²) in [7, 11) is -8.35. The zero-order chi connectivity index (χ0) is 25.8. The first-order valence-corrected chi connectivity index (χ1v) is 13.8. The van der Waals surface area contributed by atoms with Crippen molar-refractivity contribution in [2.24, 2.45) is 5.73 Å². The van der Waals surface area contributed by atoms with Crippen LogP contribution in [-0.2, 0) is 42.5 Å². The maximum atomic E-state index is 13.5. The third-order valence-corrected chi connectivity index (χ3v) is 8.44. The zero-order valence-corrected chi connectivity index (χ0v) is 20.6. The number of nitrogens with two attached hydrogens (primary N) is 1. The van der Waals surface area contributed by atoms with Crippen molar-refractivity contribution in [1.29, 1.82) is 0 Å². The van der Waals surface area contributed by atoms with E-state index in [1.807, 2.05) is 0 Å². The topological polar surface area (TPSA) is 165 Å². The Kier molecular flexibility index (Phi) is 8.05. The predicted molar refractivity (Wildman–Crippen MR) is 126 cm³/mol. The molecule has 0 radical (unpaired) electrons. The largest absolute Gasteiger partial charge is 0.493 e. The Balaban J connectivity index is 1.85. The summed E-state index contributed by atoms with van der Waals surface area (Å²) in [5.41, 5.74) is 8.98. The average molecular weight is 526 g/mol. The number of sulfonamides is 1. The van der Waals surface area contributed by atoms with Crippen LogP contribution >= 0.6 is 0 Å². The van der Waals surface area contributed by atoms with Crippen molar-refractivity contribution in [3.8, 4) is 5.75 Å². The summed E-state index contributed by atoms with van der Waals surface area (Å²) in [4.78, 5) is 16.2. The minimum Gasteiger partial charge on any atom is -0.493 e. The first kappa shape index (κ1) is 26.5. The van der Waals surface area contributed by atoms with Crippen molar-refractivity contribution >= 4 is 25.8 Å². The van der Waals surface area contributed by atoms with Crippen LogP contribution < -0.4 is 16.0 Å². The quantitative estimate of drug-likeness (QED) is 0.285. The second-order valence-corrected chi connectivity index (χ2v) is 11.8. The van der Waals surface area contributed by atoms with Crippen LogP contribution in [0.2, 0.25) is 0 Å². The smallest absolute Gasteiger partial charge is 0.322 e. The Morgan fingerprint density at radius 2 is 1.83 bits per heavy atom. The van der Waals surface area contributed by atoms with E-state index >= 15 is 0 Å². The van der Waals surface area contributed by atoms with Gasteiger partial charge in [-0.15, -0.1) is 0 Å². The Hall–Kier alpha value is -3.13. The van der Waals surface area contributed by atoms with Crippen LogP contribution in [0.5, 0.6) is 5.75 Å². The van der Waals surface area contributed by atoms with Gasteiger partial charge in [-0.2, -0.15) is 4.31 Å². The van der Waals surface area contributed by atoms with E-state index in [1.165, 1.54) is 18.2 Å². The molecule has 0 saturated carbocycles. The van der Waals surface area contributed by atoms with Crippen molar-refractivity contribution < 1.29 is 36.3 Å². The summed E-state index contributed by atoms with van der Waals surface area (Å²) in [5.74, 6) is -0.674. The summed E-state index contributed by atoms with van der Waals surface area (Å²) in [5, 5.41) is 9.77. The molecule has 0 aliphatic carbocycles. The van der Waals surface area contributed by atoms with Gasteiger partial charge in [0.05, 0.1) is 18.1 Å². The fraction of sp³-hybridized carbons (Fsp3) is 0.318. The predicted octanol–water partition coefficient (Wildman–Crippen LogP) is 1.01. The van der Waals surface area contributed by atoms with Gasteiger partial charge in [-0.05, 0) is 35.4 Å². The van der Waals surface area contributed by atoms with Crippen LogP contribution in [0.4, 0.5) is 0 Å². The lowest BCUT2D eigenvalue weighted by molar-refractivity contribution is -0.141. The van der Waals surface area contributed by atoms with E-state index in [0.717, 1.165) is 16.6 Å². The number of rotatable bonds is 11. The second-order valence-electron chi connectivity index (χ2n) is 7.94. The molecular formula is C22H27N3O8S2. The van der Waals surface area contributed by atoms with E-state index in [0.29, 0.717) is 36.5 Å². The second kappa shape index (κ2) is 10.6. The van der Waals surface area contributed by atoms with E-state index in [9.17, 15) is 26.7 Å². The number of carboxylic acid groups (broad SMARTS) is 1. The highest BCUT2D eigenvalue weighted by molar-refractivity contribution is 7.93. The minimum atomic E-state index is -4.47. The number of carboxylic acids is 1. The molecule has 13 heteroatoms. The lowest BCUT2D eigenvalue weighted by Crippen LogP contribution is -2.48. The summed E-state index contributed by atoms with van der Waals surface area (Å²) < 4.78 is 58.0. The van der Waals surface area contributed by atoms with Gasteiger partial charge in [0, 0.05) is 25.6 Å². The number of fused-ring (bicyclic) bond motifs is 1. The van der Waals surface area contributed by atoms with Crippen molar-refractivity contribution in [1.82, 2.24) is 9.79 Å². The van der Waals surface area contributed by atoms with Crippen molar-refractivity contribution in [2.45, 2.75) is 35.2 Å². The van der Waals surface area contributed by atoms with Gasteiger partial charge in [0.2, 0.25) is 10.0 Å². The lowest BCUT2D eigenvalue weighted by Gasteiger charge is -2.34. The van der Waals surface area contributed by atoms with Crippen LogP contribution in [0.3, 0.4) is 0 Å². The van der Waals surface area contributed by atoms with E-state index in [-0.39, 0.29) is 23.7 Å². The summed E-state index contributed by atoms with van der Waals surface area (Å²) in [6, 6.07) is 8.79. The summed E-state index contributed by atoms with van der Waals surface area (Å²) in [6.07, 6.45) is 1.35. The number of benzene rings is 2. The fourth-order valence-electron chi connectivity index (χ4n) is 3.65. The molecule has 0 aromatic heterocycles. The van der Waals surface area contributed by atoms with Gasteiger partial charge in [-0.25, -0.2) is 16.8 Å². The molecule has 0 unspecified atom stereocenters. The molecular weight excluding hydrogens is 498 g/mol. The molecule has 11 nitrogen and oxygen atoms in total. The number of sulfone groups is 1. The third kappa shape index (κ3) is 6.31. The number of nitrogens with one attached hydrogen (secondary N) is 1. The minimum absolute atomic E-state index is 0.0757. The first-order valence-electron chi connectivity index (χ1n) is 10.5. The number of hydrogen-bond acceptors (Lipinski definition) is 9. The van der Waals surface area contributed by atoms with Gasteiger partial charge >= 0.3 is 5.97 Å². The standard InChI is InChI=1S/C22H27N3O8S2/c1-15(23)24-33-11-5-10-32-18-9-8-16-13-19(22(26)27)25(14-17(16)12-18)35(30,31)21-7-4-3-6-20(21)34(2,28)29/h3-4,6-9,12,19,24H,1,5,10-11,13-14,23H2,2H3,(H,26,27)/t19-/m0/s1. The number of hydrogen-bond donors (Lipinski definition) is 3. The van der Waals surface area contributed by atoms with E-state index in [4.69, 9.17) is 15.3 Å². The molecule has 1 aliphatic heterocycles. The Morgan fingerprint density at radius 1 is 1.14 bits per heavy atom. The molecule has 4 N–H and O–H groups in total. The van der Waals surface area contributed by atoms with Crippen LogP contribution in [0.15, 0.2) is 64.7 Å². The maximum absolute atomic E-state index is 13.5. The van der Waals surface area contributed by atoms with Crippen molar-refractivity contribution in [2.75, 3.05) is 19.5 Å². The zero-order valence-electron chi connectivity index (χ0n) is 19.0. The molecule has 2 aromatic carbocycles. The normalized spacial score (nSPS) is 16.3. The van der Waals surface area contributed by atoms with Gasteiger partial charge in [-0.1, -0.05) is 24.8 Å². The molecule has 2 aromatic rings. The Morgan fingerprint density at radius 3 is 2.46 bits per heavy atom.